The maximum absolute atomic E-state index is 13.5. The van der Waals surface area contributed by atoms with Crippen molar-refractivity contribution in [3.8, 4) is 5.75 Å². The van der Waals surface area contributed by atoms with Crippen LogP contribution in [0.2, 0.25) is 5.02 Å². The third-order valence-electron chi connectivity index (χ3n) is 5.46. The average Bonchev–Trinajstić information content (AvgIpc) is 2.80. The van der Waals surface area contributed by atoms with Crippen molar-refractivity contribution >= 4 is 39.1 Å². The Hall–Kier alpha value is -2.78. The molecule has 0 aliphatic carbocycles. The smallest absolute Gasteiger partial charge is 0.244 e. The number of aryl methyl sites for hydroxylation is 1. The summed E-state index contributed by atoms with van der Waals surface area (Å²) >= 11 is 6.21. The van der Waals surface area contributed by atoms with E-state index >= 15 is 0 Å². The molecule has 8 nitrogen and oxygen atoms in total. The van der Waals surface area contributed by atoms with Gasteiger partial charge in [-0.2, -0.15) is 0 Å². The molecule has 2 aromatic carbocycles. The molecule has 0 heterocycles. The van der Waals surface area contributed by atoms with E-state index in [1.807, 2.05) is 19.9 Å². The largest absolute Gasteiger partial charge is 0.497 e. The van der Waals surface area contributed by atoms with Gasteiger partial charge in [0, 0.05) is 18.1 Å². The van der Waals surface area contributed by atoms with Crippen molar-refractivity contribution in [2.45, 2.75) is 40.3 Å². The first kappa shape index (κ1) is 28.5. The molecule has 0 unspecified atom stereocenters. The standard InChI is InChI=1S/C25H34ClN3O5S/c1-17(2)14-27-25(31)19(4)28(15-20-8-7-9-22(12-20)34-5)24(30)16-29(35(6,32)33)21-11-10-18(3)23(26)13-21/h7-13,17,19H,14-16H2,1-6H3,(H,27,31)/t19-/m0/s1. The Morgan fingerprint density at radius 1 is 1.11 bits per heavy atom. The van der Waals surface area contributed by atoms with E-state index in [0.717, 1.165) is 21.7 Å². The number of amides is 2. The van der Waals surface area contributed by atoms with E-state index in [9.17, 15) is 18.0 Å². The number of benzene rings is 2. The number of rotatable bonds is 11. The number of hydrogen-bond acceptors (Lipinski definition) is 5. The molecule has 0 aliphatic heterocycles. The zero-order valence-electron chi connectivity index (χ0n) is 21.0. The van der Waals surface area contributed by atoms with Gasteiger partial charge in [-0.1, -0.05) is 43.6 Å². The molecule has 1 atom stereocenters. The molecule has 0 bridgehead atoms. The monoisotopic (exact) mass is 523 g/mol. The van der Waals surface area contributed by atoms with Crippen LogP contribution in [0.5, 0.6) is 5.75 Å². The van der Waals surface area contributed by atoms with Crippen molar-refractivity contribution in [1.29, 1.82) is 0 Å². The average molecular weight is 524 g/mol. The molecule has 35 heavy (non-hydrogen) atoms. The van der Waals surface area contributed by atoms with Crippen LogP contribution in [0.4, 0.5) is 5.69 Å². The molecular weight excluding hydrogens is 490 g/mol. The van der Waals surface area contributed by atoms with Crippen molar-refractivity contribution in [2.75, 3.05) is 30.8 Å². The number of ether oxygens (including phenoxy) is 1. The summed E-state index contributed by atoms with van der Waals surface area (Å²) in [6.45, 7) is 7.45. The Morgan fingerprint density at radius 3 is 2.37 bits per heavy atom. The highest BCUT2D eigenvalue weighted by Gasteiger charge is 2.30. The molecule has 0 aliphatic rings. The first-order valence-corrected chi connectivity index (χ1v) is 13.5. The summed E-state index contributed by atoms with van der Waals surface area (Å²) in [6, 6.07) is 11.1. The van der Waals surface area contributed by atoms with Gasteiger partial charge in [0.15, 0.2) is 0 Å². The summed E-state index contributed by atoms with van der Waals surface area (Å²) in [5.74, 6) is 0.000871. The molecule has 0 saturated heterocycles. The number of methoxy groups -OCH3 is 1. The van der Waals surface area contributed by atoms with Crippen LogP contribution >= 0.6 is 11.6 Å². The minimum atomic E-state index is -3.82. The highest BCUT2D eigenvalue weighted by molar-refractivity contribution is 7.92. The van der Waals surface area contributed by atoms with Gasteiger partial charge in [0.25, 0.3) is 0 Å². The van der Waals surface area contributed by atoms with Crippen LogP contribution in [-0.4, -0.2) is 57.6 Å². The van der Waals surface area contributed by atoms with E-state index in [-0.39, 0.29) is 24.1 Å². The van der Waals surface area contributed by atoms with Crippen LogP contribution < -0.4 is 14.4 Å². The van der Waals surface area contributed by atoms with Crippen molar-refractivity contribution in [3.05, 3.63) is 58.6 Å². The second-order valence-electron chi connectivity index (χ2n) is 8.89. The van der Waals surface area contributed by atoms with E-state index in [1.54, 1.807) is 51.3 Å². The van der Waals surface area contributed by atoms with E-state index in [1.165, 1.54) is 11.0 Å². The second-order valence-corrected chi connectivity index (χ2v) is 11.2. The molecular formula is C25H34ClN3O5S. The predicted molar refractivity (Wildman–Crippen MR) is 139 cm³/mol. The Morgan fingerprint density at radius 2 is 1.80 bits per heavy atom. The molecule has 0 spiro atoms. The Labute approximate surface area is 213 Å². The second kappa shape index (κ2) is 12.3. The summed E-state index contributed by atoms with van der Waals surface area (Å²) in [7, 11) is -2.28. The highest BCUT2D eigenvalue weighted by atomic mass is 35.5. The van der Waals surface area contributed by atoms with Crippen LogP contribution in [0.1, 0.15) is 31.9 Å². The zero-order valence-corrected chi connectivity index (χ0v) is 22.6. The minimum absolute atomic E-state index is 0.0958. The third-order valence-corrected chi connectivity index (χ3v) is 7.01. The van der Waals surface area contributed by atoms with Gasteiger partial charge in [0.05, 0.1) is 19.1 Å². The first-order valence-electron chi connectivity index (χ1n) is 11.3. The molecule has 2 rings (SSSR count). The van der Waals surface area contributed by atoms with E-state index < -0.39 is 28.5 Å². The van der Waals surface area contributed by atoms with Gasteiger partial charge in [-0.15, -0.1) is 0 Å². The quantitative estimate of drug-likeness (QED) is 0.485. The van der Waals surface area contributed by atoms with E-state index in [0.29, 0.717) is 17.3 Å². The number of anilines is 1. The fourth-order valence-corrected chi connectivity index (χ4v) is 4.37. The normalized spacial score (nSPS) is 12.2. The lowest BCUT2D eigenvalue weighted by Gasteiger charge is -2.31. The highest BCUT2D eigenvalue weighted by Crippen LogP contribution is 2.25. The molecule has 2 aromatic rings. The molecule has 0 fully saturated rings. The number of carbonyl (C=O) groups excluding carboxylic acids is 2. The molecule has 2 amide bonds. The maximum atomic E-state index is 13.5. The topological polar surface area (TPSA) is 96.0 Å². The van der Waals surface area contributed by atoms with Crippen LogP contribution in [0.3, 0.4) is 0 Å². The number of halogens is 1. The predicted octanol–water partition coefficient (Wildman–Crippen LogP) is 3.61. The molecule has 1 N–H and O–H groups in total. The summed E-state index contributed by atoms with van der Waals surface area (Å²) in [4.78, 5) is 27.8. The molecule has 0 aromatic heterocycles. The number of sulfonamides is 1. The maximum Gasteiger partial charge on any atom is 0.244 e. The summed E-state index contributed by atoms with van der Waals surface area (Å²) < 4.78 is 31.5. The van der Waals surface area contributed by atoms with Crippen LogP contribution in [-0.2, 0) is 26.2 Å². The SMILES string of the molecule is COc1cccc(CN(C(=O)CN(c2ccc(C)c(Cl)c2)S(C)(=O)=O)[C@@H](C)C(=O)NCC(C)C)c1. The summed E-state index contributed by atoms with van der Waals surface area (Å²) in [6.07, 6.45) is 1.03. The van der Waals surface area contributed by atoms with Crippen LogP contribution in [0.15, 0.2) is 42.5 Å². The van der Waals surface area contributed by atoms with Crippen LogP contribution in [0.25, 0.3) is 0 Å². The fraction of sp³-hybridized carbons (Fsp3) is 0.440. The van der Waals surface area contributed by atoms with Gasteiger partial charge in [0.1, 0.15) is 18.3 Å². The zero-order chi connectivity index (χ0) is 26.3. The number of carbonyl (C=O) groups is 2. The lowest BCUT2D eigenvalue weighted by molar-refractivity contribution is -0.139. The first-order chi connectivity index (χ1) is 16.3. The summed E-state index contributed by atoms with van der Waals surface area (Å²) in [5, 5.41) is 3.23. The van der Waals surface area contributed by atoms with Gasteiger partial charge in [-0.25, -0.2) is 8.42 Å². The molecule has 10 heteroatoms. The number of hydrogen-bond donors (Lipinski definition) is 1. The van der Waals surface area contributed by atoms with Crippen LogP contribution in [0, 0.1) is 12.8 Å². The van der Waals surface area contributed by atoms with Crippen molar-refractivity contribution in [3.63, 3.8) is 0 Å². The van der Waals surface area contributed by atoms with Gasteiger partial charge < -0.3 is 15.0 Å². The van der Waals surface area contributed by atoms with Gasteiger partial charge in [-0.3, -0.25) is 13.9 Å². The third kappa shape index (κ3) is 8.14. The lowest BCUT2D eigenvalue weighted by Crippen LogP contribution is -2.51. The minimum Gasteiger partial charge on any atom is -0.497 e. The summed E-state index contributed by atoms with van der Waals surface area (Å²) in [5.41, 5.74) is 1.80. The molecule has 0 radical (unpaired) electrons. The van der Waals surface area contributed by atoms with Gasteiger partial charge in [-0.05, 0) is 55.2 Å². The Kier molecular flexibility index (Phi) is 9.97. The number of nitrogens with zero attached hydrogens (tertiary/aromatic N) is 2. The number of nitrogens with one attached hydrogen (secondary N) is 1. The van der Waals surface area contributed by atoms with Gasteiger partial charge in [0.2, 0.25) is 21.8 Å². The Balaban J connectivity index is 2.40. The van der Waals surface area contributed by atoms with E-state index in [2.05, 4.69) is 5.32 Å². The molecule has 0 saturated carbocycles. The van der Waals surface area contributed by atoms with Crippen molar-refractivity contribution in [1.82, 2.24) is 10.2 Å². The Bertz CT molecular complexity index is 1150. The van der Waals surface area contributed by atoms with Gasteiger partial charge >= 0.3 is 0 Å². The molecule has 192 valence electrons. The van der Waals surface area contributed by atoms with Crippen molar-refractivity contribution < 1.29 is 22.7 Å². The fourth-order valence-electron chi connectivity index (χ4n) is 3.35. The van der Waals surface area contributed by atoms with Crippen molar-refractivity contribution in [2.24, 2.45) is 5.92 Å². The lowest BCUT2D eigenvalue weighted by atomic mass is 10.1. The van der Waals surface area contributed by atoms with E-state index in [4.69, 9.17) is 16.3 Å².